The molecular formula is C14H21N5S. The van der Waals surface area contributed by atoms with E-state index < -0.39 is 0 Å². The van der Waals surface area contributed by atoms with Crippen LogP contribution in [0, 0.1) is 6.92 Å². The van der Waals surface area contributed by atoms with Crippen LogP contribution < -0.4 is 4.90 Å². The van der Waals surface area contributed by atoms with Crippen LogP contribution in [-0.2, 0) is 7.05 Å². The molecule has 5 nitrogen and oxygen atoms in total. The van der Waals surface area contributed by atoms with Gasteiger partial charge in [0, 0.05) is 32.7 Å². The van der Waals surface area contributed by atoms with Gasteiger partial charge in [0.15, 0.2) is 10.8 Å². The molecule has 20 heavy (non-hydrogen) atoms. The van der Waals surface area contributed by atoms with Gasteiger partial charge in [-0.2, -0.15) is 5.10 Å². The lowest BCUT2D eigenvalue weighted by Crippen LogP contribution is -2.54. The number of piperidine rings is 1. The minimum Gasteiger partial charge on any atom is -0.345 e. The van der Waals surface area contributed by atoms with Crippen LogP contribution in [0.4, 0.5) is 5.13 Å². The highest BCUT2D eigenvalue weighted by atomic mass is 32.1. The van der Waals surface area contributed by atoms with Gasteiger partial charge in [-0.05, 0) is 26.3 Å². The molecule has 6 heteroatoms. The summed E-state index contributed by atoms with van der Waals surface area (Å²) in [6.07, 6.45) is 4.11. The normalized spacial score (nSPS) is 24.3. The third-order valence-corrected chi connectivity index (χ3v) is 5.86. The average molecular weight is 291 g/mol. The maximum Gasteiger partial charge on any atom is 0.188 e. The van der Waals surface area contributed by atoms with Crippen LogP contribution in [0.3, 0.4) is 0 Å². The molecule has 0 bridgehead atoms. The van der Waals surface area contributed by atoms with Crippen LogP contribution in [0.25, 0.3) is 10.3 Å². The van der Waals surface area contributed by atoms with Crippen molar-refractivity contribution in [1.29, 1.82) is 0 Å². The monoisotopic (exact) mass is 291 g/mol. The highest BCUT2D eigenvalue weighted by molar-refractivity contribution is 7.22. The predicted molar refractivity (Wildman–Crippen MR) is 82.5 cm³/mol. The molecule has 0 amide bonds. The van der Waals surface area contributed by atoms with Crippen molar-refractivity contribution in [2.24, 2.45) is 7.05 Å². The smallest absolute Gasteiger partial charge is 0.188 e. The van der Waals surface area contributed by atoms with Gasteiger partial charge in [-0.3, -0.25) is 4.90 Å². The molecule has 1 atom stereocenters. The summed E-state index contributed by atoms with van der Waals surface area (Å²) in [6, 6.07) is 0.740. The number of aromatic nitrogens is 3. The van der Waals surface area contributed by atoms with E-state index in [2.05, 4.69) is 21.8 Å². The summed E-state index contributed by atoms with van der Waals surface area (Å²) in [6.45, 7) is 6.82. The second-order valence-electron chi connectivity index (χ2n) is 5.99. The van der Waals surface area contributed by atoms with E-state index in [0.29, 0.717) is 0 Å². The number of nitrogens with zero attached hydrogens (tertiary/aromatic N) is 5. The average Bonchev–Trinajstić information content (AvgIpc) is 3.01. The van der Waals surface area contributed by atoms with Gasteiger partial charge in [-0.15, -0.1) is 0 Å². The van der Waals surface area contributed by atoms with Crippen LogP contribution in [0.1, 0.15) is 25.0 Å². The van der Waals surface area contributed by atoms with E-state index in [9.17, 15) is 0 Å². The molecule has 0 aromatic carbocycles. The molecule has 4 heterocycles. The Bertz CT molecular complexity index is 596. The van der Waals surface area contributed by atoms with E-state index in [1.807, 2.05) is 11.7 Å². The van der Waals surface area contributed by atoms with E-state index in [1.54, 1.807) is 11.3 Å². The molecule has 2 fully saturated rings. The lowest BCUT2D eigenvalue weighted by molar-refractivity contribution is 0.133. The Morgan fingerprint density at radius 1 is 1.20 bits per heavy atom. The zero-order valence-corrected chi connectivity index (χ0v) is 13.0. The van der Waals surface area contributed by atoms with Crippen molar-refractivity contribution in [2.75, 3.05) is 31.1 Å². The molecular weight excluding hydrogens is 270 g/mol. The Morgan fingerprint density at radius 2 is 2.10 bits per heavy atom. The zero-order chi connectivity index (χ0) is 13.7. The summed E-state index contributed by atoms with van der Waals surface area (Å²) in [5.74, 6) is 0. The standard InChI is InChI=1S/C14H21N5S/c1-10-12-13(17(2)16-10)15-14(20-12)19-8-7-18-6-4-3-5-11(18)9-19/h11H,3-9H2,1-2H3/t11-/m0/s1. The topological polar surface area (TPSA) is 37.2 Å². The Morgan fingerprint density at radius 3 is 2.95 bits per heavy atom. The van der Waals surface area contributed by atoms with Crippen molar-refractivity contribution in [2.45, 2.75) is 32.2 Å². The Kier molecular flexibility index (Phi) is 2.96. The first-order chi connectivity index (χ1) is 9.72. The first kappa shape index (κ1) is 12.6. The highest BCUT2D eigenvalue weighted by Crippen LogP contribution is 2.32. The Hall–Kier alpha value is -1.14. The number of piperazine rings is 1. The lowest BCUT2D eigenvalue weighted by Gasteiger charge is -2.43. The number of aryl methyl sites for hydroxylation is 2. The lowest BCUT2D eigenvalue weighted by atomic mass is 10.00. The van der Waals surface area contributed by atoms with Gasteiger partial charge in [-0.1, -0.05) is 17.8 Å². The summed E-state index contributed by atoms with van der Waals surface area (Å²) in [7, 11) is 1.98. The van der Waals surface area contributed by atoms with Gasteiger partial charge < -0.3 is 4.90 Å². The Balaban J connectivity index is 1.61. The van der Waals surface area contributed by atoms with Gasteiger partial charge in [0.05, 0.1) is 10.4 Å². The first-order valence-electron chi connectivity index (χ1n) is 7.51. The van der Waals surface area contributed by atoms with Gasteiger partial charge in [-0.25, -0.2) is 9.67 Å². The molecule has 0 spiro atoms. The van der Waals surface area contributed by atoms with Gasteiger partial charge in [0.1, 0.15) is 0 Å². The van der Waals surface area contributed by atoms with E-state index in [-0.39, 0.29) is 0 Å². The fourth-order valence-corrected chi connectivity index (χ4v) is 4.61. The summed E-state index contributed by atoms with van der Waals surface area (Å²) >= 11 is 1.80. The second-order valence-corrected chi connectivity index (χ2v) is 6.97. The summed E-state index contributed by atoms with van der Waals surface area (Å²) in [5, 5.41) is 5.62. The second kappa shape index (κ2) is 4.70. The molecule has 4 rings (SSSR count). The van der Waals surface area contributed by atoms with Crippen molar-refractivity contribution in [3.05, 3.63) is 5.69 Å². The van der Waals surface area contributed by atoms with Crippen molar-refractivity contribution < 1.29 is 0 Å². The van der Waals surface area contributed by atoms with E-state index in [1.165, 1.54) is 42.2 Å². The minimum atomic E-state index is 0.740. The van der Waals surface area contributed by atoms with Crippen LogP contribution in [-0.4, -0.2) is 51.9 Å². The predicted octanol–water partition coefficient (Wildman–Crippen LogP) is 2.01. The number of hydrogen-bond acceptors (Lipinski definition) is 5. The molecule has 2 aliphatic rings. The molecule has 0 radical (unpaired) electrons. The number of rotatable bonds is 1. The fraction of sp³-hybridized carbons (Fsp3) is 0.714. The summed E-state index contributed by atoms with van der Waals surface area (Å²) in [4.78, 5) is 9.97. The van der Waals surface area contributed by atoms with Crippen LogP contribution in [0.2, 0.25) is 0 Å². The van der Waals surface area contributed by atoms with Crippen LogP contribution >= 0.6 is 11.3 Å². The van der Waals surface area contributed by atoms with Gasteiger partial charge in [0.25, 0.3) is 0 Å². The van der Waals surface area contributed by atoms with Crippen LogP contribution in [0.15, 0.2) is 0 Å². The molecule has 2 aliphatic heterocycles. The van der Waals surface area contributed by atoms with Crippen LogP contribution in [0.5, 0.6) is 0 Å². The fourth-order valence-electron chi connectivity index (χ4n) is 3.54. The number of thiazole rings is 1. The molecule has 108 valence electrons. The highest BCUT2D eigenvalue weighted by Gasteiger charge is 2.30. The molecule has 0 saturated carbocycles. The third-order valence-electron chi connectivity index (χ3n) is 4.64. The van der Waals surface area contributed by atoms with Crippen molar-refractivity contribution in [3.8, 4) is 0 Å². The molecule has 0 unspecified atom stereocenters. The van der Waals surface area contributed by atoms with Crippen molar-refractivity contribution >= 4 is 26.8 Å². The quantitative estimate of drug-likeness (QED) is 0.805. The molecule has 2 saturated heterocycles. The number of anilines is 1. The van der Waals surface area contributed by atoms with Crippen molar-refractivity contribution in [3.63, 3.8) is 0 Å². The first-order valence-corrected chi connectivity index (χ1v) is 8.33. The SMILES string of the molecule is Cc1nn(C)c2nc(N3CCN4CCCC[C@H]4C3)sc12. The van der Waals surface area contributed by atoms with Gasteiger partial charge >= 0.3 is 0 Å². The maximum atomic E-state index is 4.82. The van der Waals surface area contributed by atoms with Crippen molar-refractivity contribution in [1.82, 2.24) is 19.7 Å². The van der Waals surface area contributed by atoms with E-state index >= 15 is 0 Å². The zero-order valence-electron chi connectivity index (χ0n) is 12.2. The summed E-state index contributed by atoms with van der Waals surface area (Å²) in [5.41, 5.74) is 2.14. The number of fused-ring (bicyclic) bond motifs is 2. The van der Waals surface area contributed by atoms with Gasteiger partial charge in [0.2, 0.25) is 0 Å². The molecule has 2 aromatic heterocycles. The van der Waals surface area contributed by atoms with E-state index in [0.717, 1.165) is 30.5 Å². The largest absolute Gasteiger partial charge is 0.345 e. The third kappa shape index (κ3) is 1.93. The molecule has 0 aliphatic carbocycles. The minimum absolute atomic E-state index is 0.740. The van der Waals surface area contributed by atoms with E-state index in [4.69, 9.17) is 4.98 Å². The molecule has 2 aromatic rings. The number of hydrogen-bond donors (Lipinski definition) is 0. The Labute approximate surface area is 123 Å². The molecule has 0 N–H and O–H groups in total. The summed E-state index contributed by atoms with van der Waals surface area (Å²) < 4.78 is 3.15. The maximum absolute atomic E-state index is 4.82.